The molecule has 0 spiro atoms. The molecule has 0 radical (unpaired) electrons. The molecule has 1 heterocycles. The number of rotatable bonds is 0. The van der Waals surface area contributed by atoms with Gasteiger partial charge in [-0.05, 0) is 44.0 Å². The molecular weight excluding hydrogens is 272 g/mol. The lowest BCUT2D eigenvalue weighted by atomic mass is 10.3. The molecule has 1 aromatic carbocycles. The first-order valence-electron chi connectivity index (χ1n) is 3.10. The molecule has 3 heteroatoms. The first-order valence-corrected chi connectivity index (χ1v) is 4.69. The molecule has 0 aliphatic carbocycles. The molecule has 1 aromatic heterocycles. The quantitative estimate of drug-likeness (QED) is 0.709. The van der Waals surface area contributed by atoms with E-state index in [0.717, 1.165) is 19.9 Å². The minimum Gasteiger partial charge on any atom is -0.463 e. The molecule has 0 aliphatic heterocycles. The van der Waals surface area contributed by atoms with Crippen molar-refractivity contribution < 1.29 is 4.42 Å². The van der Waals surface area contributed by atoms with Crippen molar-refractivity contribution in [1.29, 1.82) is 0 Å². The van der Waals surface area contributed by atoms with Gasteiger partial charge in [0.05, 0.1) is 4.47 Å². The van der Waals surface area contributed by atoms with Crippen LogP contribution in [-0.4, -0.2) is 0 Å². The van der Waals surface area contributed by atoms with Gasteiger partial charge in [0, 0.05) is 9.86 Å². The van der Waals surface area contributed by atoms with Crippen LogP contribution in [0.4, 0.5) is 0 Å². The van der Waals surface area contributed by atoms with Crippen molar-refractivity contribution in [3.05, 3.63) is 33.4 Å². The zero-order valence-corrected chi connectivity index (χ0v) is 8.65. The molecule has 0 bridgehead atoms. The van der Waals surface area contributed by atoms with Crippen LogP contribution in [-0.2, 0) is 0 Å². The van der Waals surface area contributed by atoms with Gasteiger partial charge in [-0.2, -0.15) is 0 Å². The molecule has 0 N–H and O–H groups in total. The minimum atomic E-state index is 0.895. The summed E-state index contributed by atoms with van der Waals surface area (Å²) in [4.78, 5) is 0. The van der Waals surface area contributed by atoms with Crippen molar-refractivity contribution in [2.45, 2.75) is 0 Å². The number of fused-ring (bicyclic) bond motifs is 1. The van der Waals surface area contributed by atoms with Gasteiger partial charge in [-0.1, -0.05) is 6.07 Å². The molecule has 56 valence electrons. The third-order valence-corrected chi connectivity index (χ3v) is 2.75. The molecule has 0 unspecified atom stereocenters. The van der Waals surface area contributed by atoms with Gasteiger partial charge in [0.25, 0.3) is 0 Å². The molecule has 0 saturated heterocycles. The van der Waals surface area contributed by atoms with Crippen molar-refractivity contribution in [2.24, 2.45) is 0 Å². The van der Waals surface area contributed by atoms with Crippen LogP contribution in [0.2, 0.25) is 0 Å². The maximum Gasteiger partial charge on any atom is 0.136 e. The van der Waals surface area contributed by atoms with E-state index in [1.807, 2.05) is 18.2 Å². The highest BCUT2D eigenvalue weighted by Crippen LogP contribution is 2.31. The van der Waals surface area contributed by atoms with Crippen LogP contribution >= 0.6 is 31.9 Å². The van der Waals surface area contributed by atoms with Gasteiger partial charge in [0.1, 0.15) is 11.8 Å². The van der Waals surface area contributed by atoms with Gasteiger partial charge >= 0.3 is 0 Å². The molecule has 0 saturated carbocycles. The van der Waals surface area contributed by atoms with E-state index in [9.17, 15) is 0 Å². The topological polar surface area (TPSA) is 13.1 Å². The van der Waals surface area contributed by atoms with Crippen molar-refractivity contribution in [2.75, 3.05) is 0 Å². The SMILES string of the molecule is Brc1cccc2occ(Br)c12. The number of halogens is 2. The Morgan fingerprint density at radius 1 is 1.09 bits per heavy atom. The zero-order valence-electron chi connectivity index (χ0n) is 5.47. The van der Waals surface area contributed by atoms with Gasteiger partial charge < -0.3 is 4.42 Å². The fraction of sp³-hybridized carbons (Fsp3) is 0. The third-order valence-electron chi connectivity index (χ3n) is 1.50. The molecule has 1 nitrogen and oxygen atoms in total. The van der Waals surface area contributed by atoms with E-state index >= 15 is 0 Å². The van der Waals surface area contributed by atoms with Crippen LogP contribution in [0.15, 0.2) is 37.8 Å². The first-order chi connectivity index (χ1) is 5.29. The zero-order chi connectivity index (χ0) is 7.84. The predicted octanol–water partition coefficient (Wildman–Crippen LogP) is 3.96. The second-order valence-electron chi connectivity index (χ2n) is 2.20. The lowest BCUT2D eigenvalue weighted by Gasteiger charge is -1.90. The molecule has 0 aliphatic rings. The normalized spacial score (nSPS) is 10.7. The Kier molecular flexibility index (Phi) is 1.77. The highest BCUT2D eigenvalue weighted by Gasteiger charge is 2.04. The maximum absolute atomic E-state index is 5.25. The maximum atomic E-state index is 5.25. The van der Waals surface area contributed by atoms with E-state index < -0.39 is 0 Å². The highest BCUT2D eigenvalue weighted by atomic mass is 79.9. The average Bonchev–Trinajstić information content (AvgIpc) is 2.34. The Labute approximate surface area is 80.6 Å². The Bertz CT molecular complexity index is 392. The van der Waals surface area contributed by atoms with Gasteiger partial charge in [-0.3, -0.25) is 0 Å². The smallest absolute Gasteiger partial charge is 0.136 e. The van der Waals surface area contributed by atoms with Crippen LogP contribution in [0.25, 0.3) is 11.0 Å². The second-order valence-corrected chi connectivity index (χ2v) is 3.91. The van der Waals surface area contributed by atoms with Gasteiger partial charge in [0.15, 0.2) is 0 Å². The van der Waals surface area contributed by atoms with Crippen LogP contribution in [0.3, 0.4) is 0 Å². The summed E-state index contributed by atoms with van der Waals surface area (Å²) in [6.07, 6.45) is 1.69. The van der Waals surface area contributed by atoms with E-state index in [2.05, 4.69) is 31.9 Å². The Balaban J connectivity index is 2.96. The summed E-state index contributed by atoms with van der Waals surface area (Å²) in [5.74, 6) is 0. The second kappa shape index (κ2) is 2.64. The summed E-state index contributed by atoms with van der Waals surface area (Å²) in [7, 11) is 0. The average molecular weight is 276 g/mol. The van der Waals surface area contributed by atoms with Crippen molar-refractivity contribution in [1.82, 2.24) is 0 Å². The monoisotopic (exact) mass is 274 g/mol. The lowest BCUT2D eigenvalue weighted by Crippen LogP contribution is -1.66. The minimum absolute atomic E-state index is 0.895. The third kappa shape index (κ3) is 1.12. The van der Waals surface area contributed by atoms with Crippen LogP contribution < -0.4 is 0 Å². The summed E-state index contributed by atoms with van der Waals surface area (Å²) < 4.78 is 7.29. The van der Waals surface area contributed by atoms with E-state index in [0.29, 0.717) is 0 Å². The van der Waals surface area contributed by atoms with Gasteiger partial charge in [-0.15, -0.1) is 0 Å². The molecular formula is C8H4Br2O. The molecule has 0 atom stereocenters. The first kappa shape index (κ1) is 7.37. The van der Waals surface area contributed by atoms with E-state index in [1.165, 1.54) is 0 Å². The van der Waals surface area contributed by atoms with E-state index in [-0.39, 0.29) is 0 Å². The Hall–Kier alpha value is -0.280. The van der Waals surface area contributed by atoms with E-state index in [4.69, 9.17) is 4.42 Å². The summed E-state index contributed by atoms with van der Waals surface area (Å²) in [5.41, 5.74) is 0.895. The number of hydrogen-bond donors (Lipinski definition) is 0. The van der Waals surface area contributed by atoms with Crippen LogP contribution in [0, 0.1) is 0 Å². The summed E-state index contributed by atoms with van der Waals surface area (Å²) in [6, 6.07) is 5.87. The van der Waals surface area contributed by atoms with Crippen molar-refractivity contribution in [3.63, 3.8) is 0 Å². The lowest BCUT2D eigenvalue weighted by molar-refractivity contribution is 0.614. The molecule has 11 heavy (non-hydrogen) atoms. The summed E-state index contributed by atoms with van der Waals surface area (Å²) in [5, 5.41) is 1.09. The summed E-state index contributed by atoms with van der Waals surface area (Å²) >= 11 is 6.83. The van der Waals surface area contributed by atoms with Crippen LogP contribution in [0.1, 0.15) is 0 Å². The van der Waals surface area contributed by atoms with Gasteiger partial charge in [0.2, 0.25) is 0 Å². The fourth-order valence-corrected chi connectivity index (χ4v) is 2.34. The number of hydrogen-bond acceptors (Lipinski definition) is 1. The molecule has 0 amide bonds. The number of furan rings is 1. The predicted molar refractivity (Wildman–Crippen MR) is 51.6 cm³/mol. The highest BCUT2D eigenvalue weighted by molar-refractivity contribution is 9.11. The van der Waals surface area contributed by atoms with Crippen molar-refractivity contribution in [3.8, 4) is 0 Å². The summed E-state index contributed by atoms with van der Waals surface area (Å²) in [6.45, 7) is 0. The van der Waals surface area contributed by atoms with Gasteiger partial charge in [-0.25, -0.2) is 0 Å². The Morgan fingerprint density at radius 3 is 2.64 bits per heavy atom. The largest absolute Gasteiger partial charge is 0.463 e. The standard InChI is InChI=1S/C8H4Br2O/c9-5-2-1-3-7-8(5)6(10)4-11-7/h1-4H. The molecule has 0 fully saturated rings. The van der Waals surface area contributed by atoms with Crippen LogP contribution in [0.5, 0.6) is 0 Å². The number of benzene rings is 1. The molecule has 2 aromatic rings. The van der Waals surface area contributed by atoms with E-state index in [1.54, 1.807) is 6.26 Å². The van der Waals surface area contributed by atoms with Crippen molar-refractivity contribution >= 4 is 42.8 Å². The fourth-order valence-electron chi connectivity index (χ4n) is 1.01. The molecule has 2 rings (SSSR count). The Morgan fingerprint density at radius 2 is 1.91 bits per heavy atom.